The molecule has 4 aromatic heterocycles. The van der Waals surface area contributed by atoms with Crippen molar-refractivity contribution in [2.45, 2.75) is 27.2 Å². The molecule has 0 fully saturated rings. The lowest BCUT2D eigenvalue weighted by Crippen LogP contribution is -2.13. The molecule has 1 amide bonds. The molecule has 0 aliphatic rings. The summed E-state index contributed by atoms with van der Waals surface area (Å²) in [6, 6.07) is 5.66. The Morgan fingerprint density at radius 1 is 1.33 bits per heavy atom. The largest absolute Gasteiger partial charge is 0.335 e. The van der Waals surface area contributed by atoms with Crippen molar-refractivity contribution in [3.05, 3.63) is 39.8 Å². The first-order valence-electron chi connectivity index (χ1n) is 8.46. The summed E-state index contributed by atoms with van der Waals surface area (Å²) in [5, 5.41) is 19.0. The van der Waals surface area contributed by atoms with Crippen molar-refractivity contribution in [1.82, 2.24) is 20.3 Å². The zero-order valence-corrected chi connectivity index (χ0v) is 16.6. The maximum Gasteiger partial charge on any atom is 0.259 e. The number of nitrogens with zero attached hydrogens (tertiary/aromatic N) is 4. The van der Waals surface area contributed by atoms with E-state index < -0.39 is 0 Å². The van der Waals surface area contributed by atoms with E-state index in [-0.39, 0.29) is 5.91 Å². The number of pyridine rings is 1. The van der Waals surface area contributed by atoms with Crippen molar-refractivity contribution in [2.75, 3.05) is 5.32 Å². The zero-order valence-electron chi connectivity index (χ0n) is 15.0. The molecule has 9 heteroatoms. The van der Waals surface area contributed by atoms with Gasteiger partial charge in [0.1, 0.15) is 5.01 Å². The van der Waals surface area contributed by atoms with Crippen molar-refractivity contribution < 1.29 is 9.32 Å². The predicted molar refractivity (Wildman–Crippen MR) is 106 cm³/mol. The molecule has 138 valence electrons. The minimum atomic E-state index is -0.279. The third kappa shape index (κ3) is 3.60. The average molecular weight is 400 g/mol. The normalized spacial score (nSPS) is 11.4. The van der Waals surface area contributed by atoms with Crippen molar-refractivity contribution >= 4 is 44.8 Å². The molecule has 4 aromatic rings. The molecule has 4 rings (SSSR count). The van der Waals surface area contributed by atoms with E-state index in [1.165, 1.54) is 11.3 Å². The van der Waals surface area contributed by atoms with Gasteiger partial charge in [-0.25, -0.2) is 4.98 Å². The number of anilines is 1. The Bertz CT molecular complexity index is 1100. The summed E-state index contributed by atoms with van der Waals surface area (Å²) in [7, 11) is 0. The second kappa shape index (κ2) is 7.16. The summed E-state index contributed by atoms with van der Waals surface area (Å²) in [5.74, 6) is 0.202. The highest BCUT2D eigenvalue weighted by Gasteiger charge is 2.21. The van der Waals surface area contributed by atoms with E-state index in [2.05, 4.69) is 39.5 Å². The van der Waals surface area contributed by atoms with Gasteiger partial charge >= 0.3 is 0 Å². The highest BCUT2D eigenvalue weighted by molar-refractivity contribution is 7.15. The average Bonchev–Trinajstić information content (AvgIpc) is 3.36. The van der Waals surface area contributed by atoms with Gasteiger partial charge in [0.25, 0.3) is 11.6 Å². The van der Waals surface area contributed by atoms with Crippen LogP contribution in [0.2, 0.25) is 0 Å². The number of nitrogens with one attached hydrogen (secondary N) is 1. The van der Waals surface area contributed by atoms with Crippen molar-refractivity contribution in [3.8, 4) is 10.6 Å². The van der Waals surface area contributed by atoms with E-state index in [0.717, 1.165) is 16.3 Å². The van der Waals surface area contributed by atoms with Gasteiger partial charge in [0.05, 0.1) is 27.2 Å². The van der Waals surface area contributed by atoms with Crippen molar-refractivity contribution in [3.63, 3.8) is 0 Å². The van der Waals surface area contributed by atoms with Crippen LogP contribution in [0.1, 0.15) is 34.9 Å². The molecule has 0 radical (unpaired) electrons. The maximum absolute atomic E-state index is 13.0. The van der Waals surface area contributed by atoms with Crippen LogP contribution in [0.15, 0.2) is 28.1 Å². The molecule has 0 saturated carbocycles. The molecule has 27 heavy (non-hydrogen) atoms. The number of carbonyl (C=O) groups is 1. The van der Waals surface area contributed by atoms with Gasteiger partial charge in [0, 0.05) is 6.42 Å². The third-order valence-electron chi connectivity index (χ3n) is 3.91. The summed E-state index contributed by atoms with van der Waals surface area (Å²) >= 11 is 2.94. The van der Waals surface area contributed by atoms with Gasteiger partial charge in [0.2, 0.25) is 5.13 Å². The molecule has 0 bridgehead atoms. The minimum Gasteiger partial charge on any atom is -0.335 e. The van der Waals surface area contributed by atoms with Crippen LogP contribution in [0.3, 0.4) is 0 Å². The molecular weight excluding hydrogens is 382 g/mol. The van der Waals surface area contributed by atoms with Gasteiger partial charge in [-0.05, 0) is 30.4 Å². The topological polar surface area (TPSA) is 93.8 Å². The van der Waals surface area contributed by atoms with Gasteiger partial charge in [-0.15, -0.1) is 21.5 Å². The number of fused-ring (bicyclic) bond motifs is 1. The van der Waals surface area contributed by atoms with Gasteiger partial charge in [-0.3, -0.25) is 10.1 Å². The van der Waals surface area contributed by atoms with E-state index in [1.807, 2.05) is 17.5 Å². The molecule has 0 spiro atoms. The molecule has 0 unspecified atom stereocenters. The second-order valence-electron chi connectivity index (χ2n) is 6.53. The number of amides is 1. The predicted octanol–water partition coefficient (Wildman–Crippen LogP) is 4.56. The second-order valence-corrected chi connectivity index (χ2v) is 8.54. The first kappa shape index (κ1) is 17.7. The quantitative estimate of drug-likeness (QED) is 0.529. The lowest BCUT2D eigenvalue weighted by Gasteiger charge is -2.05. The minimum absolute atomic E-state index is 0.279. The fourth-order valence-corrected chi connectivity index (χ4v) is 4.36. The highest BCUT2D eigenvalue weighted by atomic mass is 32.1. The van der Waals surface area contributed by atoms with Crippen LogP contribution in [-0.2, 0) is 6.42 Å². The number of aromatic nitrogens is 4. The van der Waals surface area contributed by atoms with Crippen molar-refractivity contribution in [1.29, 1.82) is 0 Å². The molecule has 4 heterocycles. The molecule has 0 saturated heterocycles. The fourth-order valence-electron chi connectivity index (χ4n) is 2.72. The Kier molecular flexibility index (Phi) is 4.71. The SMILES string of the molecule is Cc1noc2nc(-c3cccs3)cc(C(=O)Nc3nnc(CC(C)C)s3)c12. The van der Waals surface area contributed by atoms with E-state index in [9.17, 15) is 4.79 Å². The van der Waals surface area contributed by atoms with Crippen LogP contribution in [0.4, 0.5) is 5.13 Å². The summed E-state index contributed by atoms with van der Waals surface area (Å²) in [6.45, 7) is 6.03. The summed E-state index contributed by atoms with van der Waals surface area (Å²) in [4.78, 5) is 18.4. The number of carbonyl (C=O) groups excluding carboxylic acids is 1. The van der Waals surface area contributed by atoms with Crippen molar-refractivity contribution in [2.24, 2.45) is 5.92 Å². The summed E-state index contributed by atoms with van der Waals surface area (Å²) in [5.41, 5.74) is 2.11. The van der Waals surface area contributed by atoms with E-state index >= 15 is 0 Å². The molecule has 1 N–H and O–H groups in total. The smallest absolute Gasteiger partial charge is 0.259 e. The molecule has 0 atom stereocenters. The summed E-state index contributed by atoms with van der Waals surface area (Å²) in [6.07, 6.45) is 0.834. The zero-order chi connectivity index (χ0) is 19.0. The first-order chi connectivity index (χ1) is 13.0. The number of hydrogen-bond acceptors (Lipinski definition) is 8. The van der Waals surface area contributed by atoms with Crippen LogP contribution >= 0.6 is 22.7 Å². The monoisotopic (exact) mass is 399 g/mol. The maximum atomic E-state index is 13.0. The van der Waals surface area contributed by atoms with Crippen LogP contribution in [0.5, 0.6) is 0 Å². The molecule has 0 aliphatic carbocycles. The molecular formula is C18H17N5O2S2. The van der Waals surface area contributed by atoms with Gasteiger partial charge in [-0.2, -0.15) is 0 Å². The van der Waals surface area contributed by atoms with Crippen LogP contribution < -0.4 is 5.32 Å². The Labute approximate surface area is 163 Å². The van der Waals surface area contributed by atoms with Gasteiger partial charge in [-0.1, -0.05) is 36.4 Å². The number of aryl methyl sites for hydroxylation is 1. The molecule has 7 nitrogen and oxygen atoms in total. The van der Waals surface area contributed by atoms with Gasteiger partial charge < -0.3 is 4.52 Å². The Morgan fingerprint density at radius 2 is 2.19 bits per heavy atom. The molecule has 0 aliphatic heterocycles. The molecule has 0 aromatic carbocycles. The standard InChI is InChI=1S/C18H17N5O2S2/c1-9(2)7-14-21-22-18(27-14)20-16(24)11-8-12(13-5-4-6-26-13)19-17-15(11)10(3)23-25-17/h4-6,8-9H,7H2,1-3H3,(H,20,22,24). The Morgan fingerprint density at radius 3 is 2.93 bits per heavy atom. The number of rotatable bonds is 5. The number of hydrogen-bond donors (Lipinski definition) is 1. The van der Waals surface area contributed by atoms with Crippen LogP contribution in [0, 0.1) is 12.8 Å². The Hall–Kier alpha value is -2.65. The fraction of sp³-hybridized carbons (Fsp3) is 0.278. The Balaban J connectivity index is 1.70. The highest BCUT2D eigenvalue weighted by Crippen LogP contribution is 2.30. The van der Waals surface area contributed by atoms with Crippen LogP contribution in [0.25, 0.3) is 21.7 Å². The third-order valence-corrected chi connectivity index (χ3v) is 5.66. The van der Waals surface area contributed by atoms with E-state index in [1.54, 1.807) is 24.3 Å². The van der Waals surface area contributed by atoms with Crippen LogP contribution in [-0.4, -0.2) is 26.2 Å². The lowest BCUT2D eigenvalue weighted by molar-refractivity contribution is 0.102. The lowest BCUT2D eigenvalue weighted by atomic mass is 10.1. The summed E-state index contributed by atoms with van der Waals surface area (Å²) < 4.78 is 5.31. The van der Waals surface area contributed by atoms with E-state index in [4.69, 9.17) is 4.52 Å². The number of thiophene rings is 1. The van der Waals surface area contributed by atoms with Gasteiger partial charge in [0.15, 0.2) is 0 Å². The first-order valence-corrected chi connectivity index (χ1v) is 10.2. The van der Waals surface area contributed by atoms with E-state index in [0.29, 0.717) is 39.1 Å².